The van der Waals surface area contributed by atoms with Gasteiger partial charge in [0, 0.05) is 0 Å². The molecular formula is C16H25NO2. The maximum Gasteiger partial charge on any atom is 0.145 e. The van der Waals surface area contributed by atoms with Gasteiger partial charge >= 0.3 is 0 Å². The molecule has 0 unspecified atom stereocenters. The largest absolute Gasteiger partial charge is 0.393 e. The van der Waals surface area contributed by atoms with Gasteiger partial charge < -0.3 is 9.94 Å². The maximum absolute atomic E-state index is 10.4. The molecule has 3 nitrogen and oxygen atoms in total. The minimum Gasteiger partial charge on any atom is -0.393 e. The number of hydrogen-bond acceptors (Lipinski definition) is 3. The highest BCUT2D eigenvalue weighted by Crippen LogP contribution is 2.19. The molecule has 19 heavy (non-hydrogen) atoms. The summed E-state index contributed by atoms with van der Waals surface area (Å²) in [5.74, 6) is 0. The predicted molar refractivity (Wildman–Crippen MR) is 79.4 cm³/mol. The van der Waals surface area contributed by atoms with Crippen LogP contribution in [0, 0.1) is 0 Å². The van der Waals surface area contributed by atoms with Gasteiger partial charge in [0.1, 0.15) is 12.2 Å². The van der Waals surface area contributed by atoms with E-state index in [0.717, 1.165) is 25.0 Å². The Morgan fingerprint density at radius 1 is 1.26 bits per heavy atom. The lowest BCUT2D eigenvalue weighted by atomic mass is 9.93. The summed E-state index contributed by atoms with van der Waals surface area (Å²) < 4.78 is 0. The van der Waals surface area contributed by atoms with Gasteiger partial charge in [-0.2, -0.15) is 0 Å². The third-order valence-electron chi connectivity index (χ3n) is 3.19. The topological polar surface area (TPSA) is 41.8 Å². The zero-order valence-electron chi connectivity index (χ0n) is 12.2. The molecule has 0 fully saturated rings. The average molecular weight is 263 g/mol. The second-order valence-corrected chi connectivity index (χ2v) is 5.23. The van der Waals surface area contributed by atoms with Gasteiger partial charge in [0.05, 0.1) is 5.71 Å². The zero-order chi connectivity index (χ0) is 14.1. The van der Waals surface area contributed by atoms with Crippen molar-refractivity contribution < 1.29 is 9.94 Å². The van der Waals surface area contributed by atoms with Crippen LogP contribution >= 0.6 is 0 Å². The average Bonchev–Trinajstić information content (AvgIpc) is 2.39. The smallest absolute Gasteiger partial charge is 0.145 e. The van der Waals surface area contributed by atoms with Crippen molar-refractivity contribution >= 4 is 5.71 Å². The molecule has 0 aliphatic rings. The first-order valence-electron chi connectivity index (χ1n) is 6.95. The molecule has 1 atom stereocenters. The number of oxime groups is 1. The van der Waals surface area contributed by atoms with Crippen molar-refractivity contribution in [3.8, 4) is 0 Å². The molecular weight excluding hydrogens is 238 g/mol. The summed E-state index contributed by atoms with van der Waals surface area (Å²) in [5, 5.41) is 14.3. The fourth-order valence-electron chi connectivity index (χ4n) is 1.90. The van der Waals surface area contributed by atoms with Gasteiger partial charge in [-0.05, 0) is 45.1 Å². The van der Waals surface area contributed by atoms with Crippen LogP contribution in [0.1, 0.15) is 45.6 Å². The molecule has 0 bridgehead atoms. The van der Waals surface area contributed by atoms with Gasteiger partial charge in [-0.25, -0.2) is 0 Å². The van der Waals surface area contributed by atoms with Crippen LogP contribution in [0.2, 0.25) is 0 Å². The minimum absolute atomic E-state index is 0.267. The van der Waals surface area contributed by atoms with Crippen molar-refractivity contribution in [2.75, 3.05) is 6.61 Å². The van der Waals surface area contributed by atoms with E-state index >= 15 is 0 Å². The molecule has 1 rings (SSSR count). The Kier molecular flexibility index (Phi) is 6.57. The van der Waals surface area contributed by atoms with Crippen LogP contribution in [-0.2, 0) is 11.3 Å². The van der Waals surface area contributed by atoms with E-state index in [0.29, 0.717) is 6.42 Å². The summed E-state index contributed by atoms with van der Waals surface area (Å²) >= 11 is 0. The standard InChI is InChI=1S/C16H25NO2/c1-4-16(18,13-19-17-14(2)3)12-8-11-15-9-6-5-7-10-15/h5-7,9-10,18H,4,8,11-13H2,1-3H3/t16-/m0/s1. The van der Waals surface area contributed by atoms with Gasteiger partial charge in [-0.15, -0.1) is 0 Å². The Hall–Kier alpha value is -1.35. The van der Waals surface area contributed by atoms with Crippen LogP contribution in [0.4, 0.5) is 0 Å². The van der Waals surface area contributed by atoms with Crippen molar-refractivity contribution in [3.63, 3.8) is 0 Å². The number of rotatable bonds is 8. The molecule has 0 aliphatic carbocycles. The summed E-state index contributed by atoms with van der Waals surface area (Å²) in [5.41, 5.74) is 1.40. The molecule has 0 spiro atoms. The minimum atomic E-state index is -0.770. The van der Waals surface area contributed by atoms with Gasteiger partial charge in [0.15, 0.2) is 0 Å². The molecule has 1 N–H and O–H groups in total. The molecule has 106 valence electrons. The summed E-state index contributed by atoms with van der Waals surface area (Å²) in [6.07, 6.45) is 3.35. The summed E-state index contributed by atoms with van der Waals surface area (Å²) in [6.45, 7) is 6.00. The lowest BCUT2D eigenvalue weighted by molar-refractivity contribution is -0.0541. The van der Waals surface area contributed by atoms with Crippen molar-refractivity contribution in [1.82, 2.24) is 0 Å². The van der Waals surface area contributed by atoms with Crippen LogP contribution in [0.25, 0.3) is 0 Å². The second-order valence-electron chi connectivity index (χ2n) is 5.23. The molecule has 0 radical (unpaired) electrons. The normalized spacial score (nSPS) is 13.7. The molecule has 0 aromatic heterocycles. The van der Waals surface area contributed by atoms with Crippen LogP contribution in [0.5, 0.6) is 0 Å². The molecule has 1 aromatic carbocycles. The van der Waals surface area contributed by atoms with Crippen molar-refractivity contribution in [1.29, 1.82) is 0 Å². The second kappa shape index (κ2) is 7.95. The van der Waals surface area contributed by atoms with Crippen LogP contribution in [-0.4, -0.2) is 23.0 Å². The summed E-state index contributed by atoms with van der Waals surface area (Å²) in [6, 6.07) is 10.3. The van der Waals surface area contributed by atoms with Crippen molar-refractivity contribution in [3.05, 3.63) is 35.9 Å². The van der Waals surface area contributed by atoms with Crippen molar-refractivity contribution in [2.45, 2.75) is 52.1 Å². The first kappa shape index (κ1) is 15.7. The molecule has 0 saturated carbocycles. The lowest BCUT2D eigenvalue weighted by Crippen LogP contribution is -2.33. The van der Waals surface area contributed by atoms with E-state index in [1.54, 1.807) is 0 Å². The first-order valence-corrected chi connectivity index (χ1v) is 6.95. The van der Waals surface area contributed by atoms with Gasteiger partial charge in [-0.3, -0.25) is 0 Å². The van der Waals surface area contributed by atoms with E-state index in [1.165, 1.54) is 5.56 Å². The van der Waals surface area contributed by atoms with Crippen molar-refractivity contribution in [2.24, 2.45) is 5.16 Å². The summed E-state index contributed by atoms with van der Waals surface area (Å²) in [7, 11) is 0. The molecule has 0 aliphatic heterocycles. The van der Waals surface area contributed by atoms with Crippen LogP contribution in [0.15, 0.2) is 35.5 Å². The molecule has 0 saturated heterocycles. The van der Waals surface area contributed by atoms with Crippen LogP contribution < -0.4 is 0 Å². The van der Waals surface area contributed by atoms with E-state index in [2.05, 4.69) is 17.3 Å². The van der Waals surface area contributed by atoms with E-state index in [-0.39, 0.29) is 6.61 Å². The Morgan fingerprint density at radius 2 is 1.95 bits per heavy atom. The molecule has 0 heterocycles. The summed E-state index contributed by atoms with van der Waals surface area (Å²) in [4.78, 5) is 5.19. The van der Waals surface area contributed by atoms with Gasteiger partial charge in [-0.1, -0.05) is 42.4 Å². The fraction of sp³-hybridized carbons (Fsp3) is 0.562. The van der Waals surface area contributed by atoms with E-state index < -0.39 is 5.60 Å². The monoisotopic (exact) mass is 263 g/mol. The Bertz CT molecular complexity index is 385. The Balaban J connectivity index is 2.36. The highest BCUT2D eigenvalue weighted by atomic mass is 16.6. The number of aliphatic hydroxyl groups is 1. The first-order chi connectivity index (χ1) is 9.06. The third-order valence-corrected chi connectivity index (χ3v) is 3.19. The zero-order valence-corrected chi connectivity index (χ0v) is 12.2. The fourth-order valence-corrected chi connectivity index (χ4v) is 1.90. The highest BCUT2D eigenvalue weighted by Gasteiger charge is 2.25. The predicted octanol–water partition coefficient (Wildman–Crippen LogP) is 3.56. The third kappa shape index (κ3) is 6.39. The Labute approximate surface area is 116 Å². The quantitative estimate of drug-likeness (QED) is 0.575. The van der Waals surface area contributed by atoms with E-state index in [4.69, 9.17) is 4.84 Å². The van der Waals surface area contributed by atoms with Gasteiger partial charge in [0.2, 0.25) is 0 Å². The van der Waals surface area contributed by atoms with Gasteiger partial charge in [0.25, 0.3) is 0 Å². The lowest BCUT2D eigenvalue weighted by Gasteiger charge is -2.25. The number of benzene rings is 1. The molecule has 0 amide bonds. The maximum atomic E-state index is 10.4. The number of nitrogens with zero attached hydrogens (tertiary/aromatic N) is 1. The van der Waals surface area contributed by atoms with E-state index in [9.17, 15) is 5.11 Å². The molecule has 1 aromatic rings. The Morgan fingerprint density at radius 3 is 2.53 bits per heavy atom. The number of hydrogen-bond donors (Lipinski definition) is 1. The SMILES string of the molecule is CC[C@](O)(CCCc1ccccc1)CON=C(C)C. The highest BCUT2D eigenvalue weighted by molar-refractivity contribution is 5.78. The number of aryl methyl sites for hydroxylation is 1. The van der Waals surface area contributed by atoms with E-state index in [1.807, 2.05) is 39.0 Å². The van der Waals surface area contributed by atoms with Crippen LogP contribution in [0.3, 0.4) is 0 Å². The molecule has 3 heteroatoms.